The zero-order chi connectivity index (χ0) is 25.2. The Hall–Kier alpha value is -3.01. The third-order valence-corrected chi connectivity index (χ3v) is 5.77. The molecule has 0 saturated carbocycles. The summed E-state index contributed by atoms with van der Waals surface area (Å²) in [5.74, 6) is -0.771. The van der Waals surface area contributed by atoms with Gasteiger partial charge in [-0.25, -0.2) is 4.39 Å². The standard InChI is InChI=1S/C26H34FN3O5/c1-3-34-11-12-35-22-14-20(13-21(27)16-22)15-23(29-18(2)31)25(32)24-26(33)30(10-9-28-24)17-19-7-5-4-6-8-19/h4-8,13-14,16,23-25,28,32H,3,9-12,15,17H2,1-2H3,(H,29,31)/t23-,24-,25-/m0/s1. The molecule has 2 aromatic rings. The summed E-state index contributed by atoms with van der Waals surface area (Å²) in [5, 5.41) is 17.0. The Morgan fingerprint density at radius 1 is 1.23 bits per heavy atom. The highest BCUT2D eigenvalue weighted by Gasteiger charge is 2.38. The number of hydrogen-bond donors (Lipinski definition) is 3. The molecular formula is C26H34FN3O5. The summed E-state index contributed by atoms with van der Waals surface area (Å²) >= 11 is 0. The fourth-order valence-corrected chi connectivity index (χ4v) is 4.17. The molecule has 1 aliphatic heterocycles. The lowest BCUT2D eigenvalue weighted by Crippen LogP contribution is -2.63. The van der Waals surface area contributed by atoms with Gasteiger partial charge in [-0.1, -0.05) is 30.3 Å². The van der Waals surface area contributed by atoms with Gasteiger partial charge in [-0.15, -0.1) is 0 Å². The van der Waals surface area contributed by atoms with Gasteiger partial charge < -0.3 is 30.1 Å². The lowest BCUT2D eigenvalue weighted by molar-refractivity contribution is -0.141. The average Bonchev–Trinajstić information content (AvgIpc) is 2.82. The smallest absolute Gasteiger partial charge is 0.242 e. The Kier molecular flexibility index (Phi) is 10.0. The van der Waals surface area contributed by atoms with Gasteiger partial charge in [0.15, 0.2) is 0 Å². The van der Waals surface area contributed by atoms with Crippen molar-refractivity contribution in [3.8, 4) is 5.75 Å². The third kappa shape index (κ3) is 8.02. The van der Waals surface area contributed by atoms with Gasteiger partial charge in [0.2, 0.25) is 11.8 Å². The van der Waals surface area contributed by atoms with Crippen LogP contribution in [0.2, 0.25) is 0 Å². The van der Waals surface area contributed by atoms with E-state index >= 15 is 0 Å². The summed E-state index contributed by atoms with van der Waals surface area (Å²) < 4.78 is 25.1. The van der Waals surface area contributed by atoms with E-state index in [0.29, 0.717) is 44.2 Å². The van der Waals surface area contributed by atoms with E-state index in [2.05, 4.69) is 10.6 Å². The van der Waals surface area contributed by atoms with E-state index in [0.717, 1.165) is 5.56 Å². The molecule has 0 aromatic heterocycles. The number of carbonyl (C=O) groups is 2. The van der Waals surface area contributed by atoms with Crippen LogP contribution >= 0.6 is 0 Å². The number of hydrogen-bond acceptors (Lipinski definition) is 6. The first-order valence-corrected chi connectivity index (χ1v) is 11.9. The first-order valence-electron chi connectivity index (χ1n) is 11.9. The molecule has 1 heterocycles. The third-order valence-electron chi connectivity index (χ3n) is 5.77. The number of piperazine rings is 1. The molecule has 3 rings (SSSR count). The fourth-order valence-electron chi connectivity index (χ4n) is 4.17. The second-order valence-electron chi connectivity index (χ2n) is 8.52. The van der Waals surface area contributed by atoms with Gasteiger partial charge in [0, 0.05) is 39.2 Å². The van der Waals surface area contributed by atoms with Gasteiger partial charge in [-0.3, -0.25) is 9.59 Å². The minimum Gasteiger partial charge on any atom is -0.491 e. The molecule has 8 nitrogen and oxygen atoms in total. The van der Waals surface area contributed by atoms with Gasteiger partial charge in [0.05, 0.1) is 18.8 Å². The number of aliphatic hydroxyl groups excluding tert-OH is 1. The van der Waals surface area contributed by atoms with Gasteiger partial charge in [0.1, 0.15) is 24.2 Å². The van der Waals surface area contributed by atoms with Crippen LogP contribution in [0.25, 0.3) is 0 Å². The van der Waals surface area contributed by atoms with Gasteiger partial charge in [-0.05, 0) is 36.6 Å². The Balaban J connectivity index is 1.72. The second-order valence-corrected chi connectivity index (χ2v) is 8.52. The highest BCUT2D eigenvalue weighted by Crippen LogP contribution is 2.20. The van der Waals surface area contributed by atoms with Gasteiger partial charge in [0.25, 0.3) is 0 Å². The maximum atomic E-state index is 14.3. The zero-order valence-electron chi connectivity index (χ0n) is 20.2. The van der Waals surface area contributed by atoms with Crippen molar-refractivity contribution in [3.05, 3.63) is 65.5 Å². The van der Waals surface area contributed by atoms with E-state index in [1.54, 1.807) is 11.0 Å². The molecule has 1 fully saturated rings. The van der Waals surface area contributed by atoms with Crippen LogP contribution in [0, 0.1) is 5.82 Å². The maximum Gasteiger partial charge on any atom is 0.242 e. The first kappa shape index (κ1) is 26.6. The molecule has 2 aromatic carbocycles. The van der Waals surface area contributed by atoms with Crippen LogP contribution < -0.4 is 15.4 Å². The van der Waals surface area contributed by atoms with E-state index in [9.17, 15) is 19.1 Å². The molecule has 1 aliphatic rings. The molecule has 0 radical (unpaired) electrons. The minimum atomic E-state index is -1.23. The summed E-state index contributed by atoms with van der Waals surface area (Å²) in [7, 11) is 0. The molecule has 35 heavy (non-hydrogen) atoms. The predicted octanol–water partition coefficient (Wildman–Crippen LogP) is 1.65. The first-order chi connectivity index (χ1) is 16.9. The molecule has 1 saturated heterocycles. The Morgan fingerprint density at radius 2 is 2.00 bits per heavy atom. The summed E-state index contributed by atoms with van der Waals surface area (Å²) in [5.41, 5.74) is 1.52. The van der Waals surface area contributed by atoms with E-state index in [1.807, 2.05) is 37.3 Å². The van der Waals surface area contributed by atoms with Crippen LogP contribution in [0.1, 0.15) is 25.0 Å². The molecule has 0 bridgehead atoms. The monoisotopic (exact) mass is 487 g/mol. The van der Waals surface area contributed by atoms with Crippen LogP contribution in [0.15, 0.2) is 48.5 Å². The van der Waals surface area contributed by atoms with Crippen molar-refractivity contribution in [3.63, 3.8) is 0 Å². The number of benzene rings is 2. The maximum absolute atomic E-state index is 14.3. The van der Waals surface area contributed by atoms with Gasteiger partial charge in [-0.2, -0.15) is 0 Å². The molecular weight excluding hydrogens is 453 g/mol. The zero-order valence-corrected chi connectivity index (χ0v) is 20.2. The topological polar surface area (TPSA) is 100 Å². The number of nitrogens with one attached hydrogen (secondary N) is 2. The fraction of sp³-hybridized carbons (Fsp3) is 0.462. The van der Waals surface area contributed by atoms with E-state index in [-0.39, 0.29) is 24.8 Å². The number of halogens is 1. The largest absolute Gasteiger partial charge is 0.491 e. The molecule has 0 unspecified atom stereocenters. The molecule has 3 atom stereocenters. The van der Waals surface area contributed by atoms with Crippen LogP contribution in [-0.2, 0) is 27.3 Å². The molecule has 9 heteroatoms. The van der Waals surface area contributed by atoms with Crippen molar-refractivity contribution >= 4 is 11.8 Å². The Bertz CT molecular complexity index is 975. The number of amides is 2. The van der Waals surface area contributed by atoms with E-state index in [4.69, 9.17) is 9.47 Å². The number of aliphatic hydroxyl groups is 1. The van der Waals surface area contributed by atoms with Crippen LogP contribution in [-0.4, -0.2) is 72.9 Å². The SMILES string of the molecule is CCOCCOc1cc(F)cc(C[C@H](NC(C)=O)[C@H](O)[C@@H]2NCCN(Cc3ccccc3)C2=O)c1. The van der Waals surface area contributed by atoms with Crippen molar-refractivity contribution in [1.82, 2.24) is 15.5 Å². The molecule has 2 amide bonds. The lowest BCUT2D eigenvalue weighted by atomic mass is 9.94. The Labute approximate surface area is 205 Å². The Morgan fingerprint density at radius 3 is 2.71 bits per heavy atom. The summed E-state index contributed by atoms with van der Waals surface area (Å²) in [6.07, 6.45) is -1.11. The minimum absolute atomic E-state index is 0.116. The predicted molar refractivity (Wildman–Crippen MR) is 129 cm³/mol. The number of nitrogens with zero attached hydrogens (tertiary/aromatic N) is 1. The number of rotatable bonds is 12. The summed E-state index contributed by atoms with van der Waals surface area (Å²) in [6.45, 7) is 5.87. The molecule has 3 N–H and O–H groups in total. The average molecular weight is 488 g/mol. The van der Waals surface area contributed by atoms with Gasteiger partial charge >= 0.3 is 0 Å². The quantitative estimate of drug-likeness (QED) is 0.394. The number of ether oxygens (including phenoxy) is 2. The molecule has 190 valence electrons. The highest BCUT2D eigenvalue weighted by atomic mass is 19.1. The lowest BCUT2D eigenvalue weighted by Gasteiger charge is -2.38. The van der Waals surface area contributed by atoms with Crippen molar-refractivity contribution in [2.75, 3.05) is 32.9 Å². The molecule has 0 aliphatic carbocycles. The summed E-state index contributed by atoms with van der Waals surface area (Å²) in [4.78, 5) is 26.8. The van der Waals surface area contributed by atoms with Crippen molar-refractivity contribution in [1.29, 1.82) is 0 Å². The van der Waals surface area contributed by atoms with E-state index < -0.39 is 24.0 Å². The molecule has 0 spiro atoms. The van der Waals surface area contributed by atoms with Crippen LogP contribution in [0.5, 0.6) is 5.75 Å². The van der Waals surface area contributed by atoms with Crippen LogP contribution in [0.4, 0.5) is 4.39 Å². The second kappa shape index (κ2) is 13.2. The summed E-state index contributed by atoms with van der Waals surface area (Å²) in [6, 6.07) is 12.2. The van der Waals surface area contributed by atoms with Crippen LogP contribution in [0.3, 0.4) is 0 Å². The van der Waals surface area contributed by atoms with Crippen molar-refractivity contribution in [2.45, 2.75) is 45.0 Å². The number of carbonyl (C=O) groups excluding carboxylic acids is 2. The normalized spacial score (nSPS) is 17.7. The highest BCUT2D eigenvalue weighted by molar-refractivity contribution is 5.83. The van der Waals surface area contributed by atoms with E-state index in [1.165, 1.54) is 19.1 Å². The van der Waals surface area contributed by atoms with Crippen molar-refractivity contribution < 1.29 is 28.6 Å². The van der Waals surface area contributed by atoms with Crippen molar-refractivity contribution in [2.24, 2.45) is 0 Å².